The van der Waals surface area contributed by atoms with Gasteiger partial charge < -0.3 is 14.7 Å². The van der Waals surface area contributed by atoms with Gasteiger partial charge >= 0.3 is 5.97 Å². The van der Waals surface area contributed by atoms with Crippen LogP contribution in [-0.2, 0) is 4.74 Å². The third-order valence-electron chi connectivity index (χ3n) is 4.25. The third kappa shape index (κ3) is 2.09. The molecule has 1 fully saturated rings. The van der Waals surface area contributed by atoms with Crippen molar-refractivity contribution in [1.29, 1.82) is 0 Å². The quantitative estimate of drug-likeness (QED) is 0.858. The Morgan fingerprint density at radius 3 is 3.22 bits per heavy atom. The van der Waals surface area contributed by atoms with E-state index >= 15 is 0 Å². The summed E-state index contributed by atoms with van der Waals surface area (Å²) < 4.78 is 6.85. The molecule has 0 spiro atoms. The minimum absolute atomic E-state index is 0.0101. The fourth-order valence-corrected chi connectivity index (χ4v) is 4.15. The number of nitrogens with zero attached hydrogens (tertiary/aromatic N) is 3. The molecule has 23 heavy (non-hydrogen) atoms. The molecule has 2 aliphatic heterocycles. The van der Waals surface area contributed by atoms with Crippen LogP contribution in [0.1, 0.15) is 44.7 Å². The first-order valence-electron chi connectivity index (χ1n) is 7.46. The summed E-state index contributed by atoms with van der Waals surface area (Å²) in [5, 5.41) is 10.7. The van der Waals surface area contributed by atoms with Gasteiger partial charge in [-0.25, -0.2) is 9.78 Å². The predicted octanol–water partition coefficient (Wildman–Crippen LogP) is 1.37. The number of carbonyl (C=O) groups is 2. The van der Waals surface area contributed by atoms with E-state index in [1.165, 1.54) is 11.3 Å². The smallest absolute Gasteiger partial charge is 0.359 e. The van der Waals surface area contributed by atoms with Crippen LogP contribution in [0, 0.1) is 0 Å². The second kappa shape index (κ2) is 5.47. The zero-order valence-corrected chi connectivity index (χ0v) is 13.1. The van der Waals surface area contributed by atoms with Crippen LogP contribution in [0.4, 0.5) is 0 Å². The lowest BCUT2D eigenvalue weighted by Crippen LogP contribution is -2.30. The number of aromatic nitrogens is 2. The molecule has 120 valence electrons. The average molecular weight is 333 g/mol. The standard InChI is InChI=1S/C15H15N3O4S/c19-5-6-22-15(21)11-12-9-2-1-4-17(9)14(20)13-10(3-7-23-13)18(12)8-16-11/h3,7-9,19H,1-2,4-6H2/t9-/m0/s1. The van der Waals surface area contributed by atoms with Crippen LogP contribution < -0.4 is 0 Å². The molecule has 0 saturated carbocycles. The van der Waals surface area contributed by atoms with Crippen molar-refractivity contribution in [2.75, 3.05) is 19.8 Å². The van der Waals surface area contributed by atoms with Crippen molar-refractivity contribution in [2.45, 2.75) is 18.9 Å². The summed E-state index contributed by atoms with van der Waals surface area (Å²) in [4.78, 5) is 31.7. The minimum Gasteiger partial charge on any atom is -0.458 e. The van der Waals surface area contributed by atoms with Crippen molar-refractivity contribution < 1.29 is 19.4 Å². The lowest BCUT2D eigenvalue weighted by molar-refractivity contribution is 0.0422. The molecule has 0 radical (unpaired) electrons. The highest BCUT2D eigenvalue weighted by Gasteiger charge is 2.40. The summed E-state index contributed by atoms with van der Waals surface area (Å²) in [5.41, 5.74) is 1.69. The first-order valence-corrected chi connectivity index (χ1v) is 8.34. The van der Waals surface area contributed by atoms with Gasteiger partial charge in [-0.05, 0) is 24.3 Å². The largest absolute Gasteiger partial charge is 0.458 e. The maximum atomic E-state index is 12.8. The molecule has 8 heteroatoms. The van der Waals surface area contributed by atoms with Gasteiger partial charge in [0, 0.05) is 6.54 Å². The topological polar surface area (TPSA) is 84.7 Å². The Balaban J connectivity index is 1.86. The van der Waals surface area contributed by atoms with Crippen LogP contribution in [0.5, 0.6) is 0 Å². The number of aliphatic hydroxyl groups is 1. The molecule has 2 aromatic heterocycles. The van der Waals surface area contributed by atoms with E-state index in [0.29, 0.717) is 17.1 Å². The Morgan fingerprint density at radius 1 is 1.52 bits per heavy atom. The van der Waals surface area contributed by atoms with Gasteiger partial charge in [0.15, 0.2) is 5.69 Å². The molecular formula is C15H15N3O4S. The average Bonchev–Trinajstić information content (AvgIpc) is 3.27. The van der Waals surface area contributed by atoms with Gasteiger partial charge in [-0.3, -0.25) is 9.36 Å². The fourth-order valence-electron chi connectivity index (χ4n) is 3.31. The lowest BCUT2D eigenvalue weighted by Gasteiger charge is -2.22. The Kier molecular flexibility index (Phi) is 3.42. The molecule has 0 unspecified atom stereocenters. The third-order valence-corrected chi connectivity index (χ3v) is 5.14. The highest BCUT2D eigenvalue weighted by Crippen LogP contribution is 2.41. The van der Waals surface area contributed by atoms with Crippen molar-refractivity contribution in [3.05, 3.63) is 34.0 Å². The molecule has 4 rings (SSSR count). The Morgan fingerprint density at radius 2 is 2.39 bits per heavy atom. The maximum absolute atomic E-state index is 12.8. The van der Waals surface area contributed by atoms with Crippen molar-refractivity contribution >= 4 is 23.2 Å². The van der Waals surface area contributed by atoms with Gasteiger partial charge in [-0.1, -0.05) is 0 Å². The Bertz CT molecular complexity index is 782. The molecular weight excluding hydrogens is 318 g/mol. The van der Waals surface area contributed by atoms with Crippen molar-refractivity contribution in [3.63, 3.8) is 0 Å². The Hall–Kier alpha value is -2.19. The van der Waals surface area contributed by atoms with E-state index in [1.54, 1.807) is 6.33 Å². The molecule has 0 aliphatic carbocycles. The number of aliphatic hydroxyl groups excluding tert-OH is 1. The van der Waals surface area contributed by atoms with Crippen molar-refractivity contribution in [3.8, 4) is 5.69 Å². The van der Waals surface area contributed by atoms with E-state index in [-0.39, 0.29) is 30.9 Å². The first kappa shape index (κ1) is 14.4. The van der Waals surface area contributed by atoms with Gasteiger partial charge in [0.1, 0.15) is 17.8 Å². The van der Waals surface area contributed by atoms with Crippen LogP contribution in [0.3, 0.4) is 0 Å². The fraction of sp³-hybridized carbons (Fsp3) is 0.400. The number of amides is 1. The van der Waals surface area contributed by atoms with Crippen LogP contribution >= 0.6 is 11.3 Å². The molecule has 0 aromatic carbocycles. The molecule has 1 amide bonds. The second-order valence-corrected chi connectivity index (χ2v) is 6.42. The van der Waals surface area contributed by atoms with Gasteiger partial charge in [0.05, 0.1) is 24.0 Å². The van der Waals surface area contributed by atoms with E-state index in [0.717, 1.165) is 18.5 Å². The van der Waals surface area contributed by atoms with Crippen molar-refractivity contribution in [1.82, 2.24) is 14.5 Å². The first-order chi connectivity index (χ1) is 11.2. The molecule has 1 saturated heterocycles. The number of hydrogen-bond donors (Lipinski definition) is 1. The zero-order chi connectivity index (χ0) is 16.0. The minimum atomic E-state index is -0.564. The van der Waals surface area contributed by atoms with E-state index in [4.69, 9.17) is 9.84 Å². The molecule has 4 heterocycles. The summed E-state index contributed by atoms with van der Waals surface area (Å²) in [7, 11) is 0. The number of thiophene rings is 1. The normalized spacial score (nSPS) is 19.1. The summed E-state index contributed by atoms with van der Waals surface area (Å²) in [6, 6.07) is 1.70. The number of hydrogen-bond acceptors (Lipinski definition) is 6. The van der Waals surface area contributed by atoms with Crippen LogP contribution in [-0.4, -0.2) is 51.2 Å². The molecule has 2 aromatic rings. The van der Waals surface area contributed by atoms with Crippen LogP contribution in [0.15, 0.2) is 17.8 Å². The molecule has 7 nitrogen and oxygen atoms in total. The number of fused-ring (bicyclic) bond motifs is 5. The highest BCUT2D eigenvalue weighted by atomic mass is 32.1. The van der Waals surface area contributed by atoms with Crippen LogP contribution in [0.25, 0.3) is 5.69 Å². The van der Waals surface area contributed by atoms with E-state index < -0.39 is 5.97 Å². The number of esters is 1. The highest BCUT2D eigenvalue weighted by molar-refractivity contribution is 7.12. The number of imidazole rings is 1. The van der Waals surface area contributed by atoms with Gasteiger partial charge in [-0.15, -0.1) is 11.3 Å². The van der Waals surface area contributed by atoms with Gasteiger partial charge in [0.25, 0.3) is 5.91 Å². The monoisotopic (exact) mass is 333 g/mol. The number of carbonyl (C=O) groups excluding carboxylic acids is 2. The summed E-state index contributed by atoms with van der Waals surface area (Å²) in [5.74, 6) is -0.554. The van der Waals surface area contributed by atoms with Gasteiger partial charge in [0.2, 0.25) is 0 Å². The summed E-state index contributed by atoms with van der Waals surface area (Å²) in [6.07, 6.45) is 3.27. The predicted molar refractivity (Wildman–Crippen MR) is 81.8 cm³/mol. The number of ether oxygens (including phenoxy) is 1. The SMILES string of the molecule is O=C(OCCO)c1ncn2c1[C@@H]1CCCN1C(=O)c1sccc1-2. The Labute approximate surface area is 136 Å². The van der Waals surface area contributed by atoms with E-state index in [1.807, 2.05) is 20.9 Å². The maximum Gasteiger partial charge on any atom is 0.359 e. The van der Waals surface area contributed by atoms with Crippen LogP contribution in [0.2, 0.25) is 0 Å². The number of rotatable bonds is 3. The lowest BCUT2D eigenvalue weighted by atomic mass is 10.1. The second-order valence-electron chi connectivity index (χ2n) is 5.50. The molecule has 2 aliphatic rings. The molecule has 1 atom stereocenters. The molecule has 1 N–H and O–H groups in total. The molecule has 0 bridgehead atoms. The summed E-state index contributed by atoms with van der Waals surface area (Å²) >= 11 is 1.40. The zero-order valence-electron chi connectivity index (χ0n) is 12.3. The van der Waals surface area contributed by atoms with Gasteiger partial charge in [-0.2, -0.15) is 0 Å². The van der Waals surface area contributed by atoms with E-state index in [2.05, 4.69) is 4.98 Å². The summed E-state index contributed by atoms with van der Waals surface area (Å²) in [6.45, 7) is 0.379. The van der Waals surface area contributed by atoms with E-state index in [9.17, 15) is 9.59 Å². The van der Waals surface area contributed by atoms with Crippen molar-refractivity contribution in [2.24, 2.45) is 0 Å².